The summed E-state index contributed by atoms with van der Waals surface area (Å²) in [7, 11) is -5.22. The van der Waals surface area contributed by atoms with Crippen molar-refractivity contribution in [3.8, 4) is 5.82 Å². The molecule has 4 aromatic rings. The molecular weight excluding hydrogens is 621 g/mol. The van der Waals surface area contributed by atoms with Gasteiger partial charge in [0.25, 0.3) is 10.0 Å². The van der Waals surface area contributed by atoms with Crippen LogP contribution in [0.15, 0.2) is 66.0 Å². The van der Waals surface area contributed by atoms with Gasteiger partial charge in [0.1, 0.15) is 11.9 Å². The van der Waals surface area contributed by atoms with E-state index in [4.69, 9.17) is 23.2 Å². The van der Waals surface area contributed by atoms with Crippen LogP contribution in [0.2, 0.25) is 10.0 Å². The maximum atomic E-state index is 14.1. The third kappa shape index (κ3) is 5.98. The predicted molar refractivity (Wildman–Crippen MR) is 166 cm³/mol. The molecule has 0 spiro atoms. The number of carbonyl (C=O) groups is 1. The molecule has 0 amide bonds. The Morgan fingerprint density at radius 2 is 1.62 bits per heavy atom. The fourth-order valence-corrected chi connectivity index (χ4v) is 8.54. The van der Waals surface area contributed by atoms with Gasteiger partial charge in [0.15, 0.2) is 5.82 Å². The van der Waals surface area contributed by atoms with E-state index in [-0.39, 0.29) is 20.6 Å². The minimum Gasteiger partial charge on any atom is -0.480 e. The second-order valence-corrected chi connectivity index (χ2v) is 15.4. The summed E-state index contributed by atoms with van der Waals surface area (Å²) in [4.78, 5) is 23.5. The van der Waals surface area contributed by atoms with Crippen LogP contribution in [0.4, 0.5) is 11.5 Å². The summed E-state index contributed by atoms with van der Waals surface area (Å²) in [6.07, 6.45) is 5.11. The highest BCUT2D eigenvalue weighted by atomic mass is 35.5. The molecule has 0 saturated carbocycles. The molecule has 1 fully saturated rings. The van der Waals surface area contributed by atoms with Crippen LogP contribution in [0.25, 0.3) is 16.7 Å². The zero-order valence-corrected chi connectivity index (χ0v) is 26.2. The lowest BCUT2D eigenvalue weighted by atomic mass is 9.86. The smallest absolute Gasteiger partial charge is 0.328 e. The van der Waals surface area contributed by atoms with Crippen molar-refractivity contribution in [1.29, 1.82) is 0 Å². The molecule has 2 aromatic heterocycles. The van der Waals surface area contributed by atoms with Gasteiger partial charge in [-0.1, -0.05) is 44.0 Å². The van der Waals surface area contributed by atoms with Crippen molar-refractivity contribution in [2.75, 3.05) is 33.8 Å². The number of anilines is 2. The van der Waals surface area contributed by atoms with Crippen molar-refractivity contribution in [2.45, 2.75) is 31.7 Å². The molecule has 1 aliphatic rings. The summed E-state index contributed by atoms with van der Waals surface area (Å²) in [6, 6.07) is 9.16. The van der Waals surface area contributed by atoms with Gasteiger partial charge in [0.2, 0.25) is 0 Å². The first kappa shape index (κ1) is 30.3. The summed E-state index contributed by atoms with van der Waals surface area (Å²) in [5.41, 5.74) is -0.0920. The van der Waals surface area contributed by atoms with Gasteiger partial charge in [-0.2, -0.15) is 0 Å². The molecule has 1 aliphatic heterocycles. The average Bonchev–Trinajstić information content (AvgIpc) is 3.34. The summed E-state index contributed by atoms with van der Waals surface area (Å²) >= 11 is 12.3. The van der Waals surface area contributed by atoms with Crippen LogP contribution in [-0.2, 0) is 25.6 Å². The fraction of sp³-hybridized carbons (Fsp3) is 0.321. The molecule has 1 saturated heterocycles. The molecule has 10 nitrogen and oxygen atoms in total. The summed E-state index contributed by atoms with van der Waals surface area (Å²) < 4.78 is 42.6. The monoisotopic (exact) mass is 649 g/mol. The molecule has 1 unspecified atom stereocenters. The Bertz CT molecular complexity index is 1760. The first-order chi connectivity index (χ1) is 19.8. The van der Waals surface area contributed by atoms with Gasteiger partial charge in [-0.15, -0.1) is 0 Å². The Morgan fingerprint density at radius 3 is 2.19 bits per heavy atom. The first-order valence-electron chi connectivity index (χ1n) is 13.0. The second kappa shape index (κ2) is 11.5. The van der Waals surface area contributed by atoms with Gasteiger partial charge in [-0.25, -0.2) is 23.2 Å². The molecule has 1 atom stereocenters. The zero-order valence-electron chi connectivity index (χ0n) is 23.1. The summed E-state index contributed by atoms with van der Waals surface area (Å²) in [5, 5.41) is 11.1. The Hall–Kier alpha value is -3.19. The number of carboxylic acids is 1. The van der Waals surface area contributed by atoms with E-state index in [0.29, 0.717) is 41.6 Å². The van der Waals surface area contributed by atoms with Gasteiger partial charge in [0.05, 0.1) is 28.5 Å². The molecule has 42 heavy (non-hydrogen) atoms. The minimum absolute atomic E-state index is 0.110. The van der Waals surface area contributed by atoms with E-state index in [2.05, 4.69) is 14.9 Å². The molecule has 2 aromatic carbocycles. The number of carboxylic acid groups (broad SMARTS) is 1. The molecule has 0 radical (unpaired) electrons. The lowest BCUT2D eigenvalue weighted by Gasteiger charge is -2.37. The van der Waals surface area contributed by atoms with Crippen LogP contribution in [0.1, 0.15) is 20.8 Å². The van der Waals surface area contributed by atoms with Gasteiger partial charge in [0, 0.05) is 57.0 Å². The molecule has 222 valence electrons. The highest BCUT2D eigenvalue weighted by molar-refractivity contribution is 7.93. The third-order valence-electron chi connectivity index (χ3n) is 6.98. The number of benzene rings is 2. The van der Waals surface area contributed by atoms with E-state index in [1.807, 2.05) is 4.57 Å². The van der Waals surface area contributed by atoms with Crippen LogP contribution in [-0.4, -0.2) is 68.9 Å². The van der Waals surface area contributed by atoms with Crippen LogP contribution >= 0.6 is 23.2 Å². The predicted octanol–water partition coefficient (Wildman–Crippen LogP) is 4.99. The molecule has 0 aliphatic carbocycles. The van der Waals surface area contributed by atoms with Crippen molar-refractivity contribution >= 4 is 72.4 Å². The lowest BCUT2D eigenvalue weighted by molar-refractivity contribution is -0.140. The summed E-state index contributed by atoms with van der Waals surface area (Å²) in [6.45, 7) is 6.31. The molecular formula is C28H29Cl2N5O5S2. The number of hydrogen-bond donors (Lipinski definition) is 1. The highest BCUT2D eigenvalue weighted by Crippen LogP contribution is 2.37. The number of sulfonamides is 1. The molecule has 0 bridgehead atoms. The van der Waals surface area contributed by atoms with E-state index < -0.39 is 38.2 Å². The minimum atomic E-state index is -4.43. The number of halogens is 2. The molecule has 14 heteroatoms. The second-order valence-electron chi connectivity index (χ2n) is 11.0. The molecule has 1 N–H and O–H groups in total. The average molecular weight is 651 g/mol. The quantitative estimate of drug-likeness (QED) is 0.297. The van der Waals surface area contributed by atoms with Crippen molar-refractivity contribution < 1.29 is 22.5 Å². The van der Waals surface area contributed by atoms with Crippen LogP contribution in [0, 0.1) is 5.41 Å². The van der Waals surface area contributed by atoms with Gasteiger partial charge in [-0.3, -0.25) is 13.1 Å². The Balaban J connectivity index is 1.56. The van der Waals surface area contributed by atoms with E-state index in [0.717, 1.165) is 9.82 Å². The number of hydrogen-bond acceptors (Lipinski definition) is 7. The maximum Gasteiger partial charge on any atom is 0.328 e. The van der Waals surface area contributed by atoms with Gasteiger partial charge >= 0.3 is 5.97 Å². The van der Waals surface area contributed by atoms with Crippen molar-refractivity contribution in [3.05, 3.63) is 71.1 Å². The van der Waals surface area contributed by atoms with Crippen molar-refractivity contribution in [3.63, 3.8) is 0 Å². The van der Waals surface area contributed by atoms with Crippen LogP contribution in [0.3, 0.4) is 0 Å². The van der Waals surface area contributed by atoms with Gasteiger partial charge < -0.3 is 10.0 Å². The normalized spacial score (nSPS) is 15.6. The number of aliphatic carboxylic acids is 1. The van der Waals surface area contributed by atoms with Crippen molar-refractivity contribution in [1.82, 2.24) is 14.5 Å². The summed E-state index contributed by atoms with van der Waals surface area (Å²) in [5.74, 6) is 1.16. The number of aromatic nitrogens is 3. The van der Waals surface area contributed by atoms with Crippen LogP contribution in [0.5, 0.6) is 0 Å². The Labute approximate surface area is 256 Å². The lowest BCUT2D eigenvalue weighted by Crippen LogP contribution is -2.52. The standard InChI is InChI=1S/C28H29Cl2N5O5S2/c1-28(2,3)26(27(36)37)35(42(39,40)22-14-19(29)13-20(30)15-22)21-4-5-23-18(12-21)6-7-34(23)25-17-31-24(16-32-25)33-8-10-41(38)11-9-33/h4-7,12-17,26H,8-11H2,1-3H3,(H,36,37). The van der Waals surface area contributed by atoms with Gasteiger partial charge in [-0.05, 0) is 47.9 Å². The molecule has 5 rings (SSSR count). The highest BCUT2D eigenvalue weighted by Gasteiger charge is 2.43. The van der Waals surface area contributed by atoms with E-state index in [9.17, 15) is 22.5 Å². The zero-order chi connectivity index (χ0) is 30.4. The van der Waals surface area contributed by atoms with E-state index in [1.165, 1.54) is 18.2 Å². The molecule has 3 heterocycles. The number of nitrogens with zero attached hydrogens (tertiary/aromatic N) is 5. The Kier molecular flexibility index (Phi) is 8.27. The topological polar surface area (TPSA) is 126 Å². The SMILES string of the molecule is CC(C)(C)C(C(=O)O)N(c1ccc2c(ccn2-c2cnc(N3CCS(=O)CC3)cn2)c1)S(=O)(=O)c1cc(Cl)cc(Cl)c1. The number of rotatable bonds is 7. The largest absolute Gasteiger partial charge is 0.480 e. The maximum absolute atomic E-state index is 14.1. The third-order valence-corrected chi connectivity index (χ3v) is 10.5. The van der Waals surface area contributed by atoms with E-state index >= 15 is 0 Å². The van der Waals surface area contributed by atoms with Crippen LogP contribution < -0.4 is 9.21 Å². The Morgan fingerprint density at radius 1 is 1.00 bits per heavy atom. The fourth-order valence-electron chi connectivity index (χ4n) is 4.98. The first-order valence-corrected chi connectivity index (χ1v) is 16.7. The number of fused-ring (bicyclic) bond motifs is 1. The van der Waals surface area contributed by atoms with Crippen molar-refractivity contribution in [2.24, 2.45) is 5.41 Å². The van der Waals surface area contributed by atoms with E-state index in [1.54, 1.807) is 63.6 Å².